The summed E-state index contributed by atoms with van der Waals surface area (Å²) in [7, 11) is 0. The second kappa shape index (κ2) is 37.8. The maximum Gasteiger partial charge on any atom is 0.349 e. The fourth-order valence-corrected chi connectivity index (χ4v) is 21.7. The third-order valence-electron chi connectivity index (χ3n) is 22.7. The van der Waals surface area contributed by atoms with E-state index in [1.807, 2.05) is 196 Å². The van der Waals surface area contributed by atoms with E-state index in [-0.39, 0.29) is 18.3 Å². The number of rotatable bonds is 32. The number of aliphatic hydroxyl groups is 4. The third-order valence-corrected chi connectivity index (χ3v) is 28.5. The largest absolute Gasteiger partial charge is 0.550 e. The van der Waals surface area contributed by atoms with Crippen molar-refractivity contribution in [1.82, 2.24) is 0 Å². The van der Waals surface area contributed by atoms with Crippen LogP contribution in [0.25, 0.3) is 0 Å². The third kappa shape index (κ3) is 20.1. The first-order chi connectivity index (χ1) is 54.0. The number of piperidine rings is 9. The van der Waals surface area contributed by atoms with Gasteiger partial charge in [0, 0.05) is 100 Å². The molecule has 9 aromatic rings. The number of carbonyl (C=O) groups is 6. The molecule has 9 fully saturated rings. The number of benzene rings is 3. The van der Waals surface area contributed by atoms with Crippen LogP contribution in [-0.4, -0.2) is 192 Å². The second-order valence-corrected chi connectivity index (χ2v) is 35.6. The highest BCUT2D eigenvalue weighted by molar-refractivity contribution is 7.13. The van der Waals surface area contributed by atoms with Crippen molar-refractivity contribution in [3.63, 3.8) is 0 Å². The Morgan fingerprint density at radius 1 is 0.348 bits per heavy atom. The van der Waals surface area contributed by atoms with Gasteiger partial charge >= 0.3 is 17.9 Å². The summed E-state index contributed by atoms with van der Waals surface area (Å²) in [6.45, 7) is 14.4. The van der Waals surface area contributed by atoms with Crippen LogP contribution in [0.5, 0.6) is 17.2 Å². The van der Waals surface area contributed by atoms with Crippen molar-refractivity contribution in [1.29, 1.82) is 0 Å². The molecule has 596 valence electrons. The van der Waals surface area contributed by atoms with Gasteiger partial charge in [0.15, 0.2) is 18.3 Å². The number of thiophene rings is 6. The summed E-state index contributed by atoms with van der Waals surface area (Å²) in [6.07, 6.45) is 6.11. The molecule has 6 aromatic heterocycles. The number of aliphatic carboxylic acids is 3. The van der Waals surface area contributed by atoms with E-state index in [2.05, 4.69) is 0 Å². The molecule has 22 nitrogen and oxygen atoms in total. The molecular weight excluding hydrogens is 1550 g/mol. The Morgan fingerprint density at radius 3 is 0.777 bits per heavy atom. The molecule has 0 saturated carbocycles. The van der Waals surface area contributed by atoms with E-state index in [4.69, 9.17) is 33.5 Å². The first-order valence-electron chi connectivity index (χ1n) is 38.0. The quantitative estimate of drug-likeness (QED) is 0.0132. The Balaban J connectivity index is 0.000000144. The lowest BCUT2D eigenvalue weighted by molar-refractivity contribution is -0.946. The highest BCUT2D eigenvalue weighted by Gasteiger charge is 2.55. The number of para-hydroxylation sites is 3. The Morgan fingerprint density at radius 2 is 0.580 bits per heavy atom. The number of nitrogens with zero attached hydrogens (tertiary/aromatic N) is 3. The molecule has 9 aliphatic rings. The number of fused-ring (bicyclic) bond motifs is 9. The molecular formula is C84H95N3O19S6. The van der Waals surface area contributed by atoms with E-state index >= 15 is 0 Å². The Hall–Kier alpha value is -8.20. The monoisotopic (exact) mass is 1640 g/mol. The van der Waals surface area contributed by atoms with Gasteiger partial charge in [-0.1, -0.05) is 91.0 Å². The summed E-state index contributed by atoms with van der Waals surface area (Å²) >= 11 is 8.30. The molecule has 0 aliphatic carbocycles. The molecule has 0 amide bonds. The van der Waals surface area contributed by atoms with E-state index in [9.17, 15) is 59.4 Å². The number of hydrogen-bond donors (Lipinski definition) is 4. The summed E-state index contributed by atoms with van der Waals surface area (Å²) in [5.41, 5.74) is -8.17. The average molecular weight is 1640 g/mol. The zero-order valence-corrected chi connectivity index (χ0v) is 67.0. The van der Waals surface area contributed by atoms with Crippen molar-refractivity contribution in [2.45, 2.75) is 111 Å². The molecule has 3 aromatic carbocycles. The molecule has 18 rings (SSSR count). The molecule has 0 radical (unpaired) electrons. The fourth-order valence-electron chi connectivity index (χ4n) is 16.6. The number of quaternary nitrogens is 3. The Labute approximate surface area is 675 Å². The van der Waals surface area contributed by atoms with Crippen LogP contribution in [0.2, 0.25) is 0 Å². The van der Waals surface area contributed by atoms with Crippen LogP contribution < -0.4 is 29.5 Å². The van der Waals surface area contributed by atoms with Crippen LogP contribution in [0.3, 0.4) is 0 Å². The first-order valence-corrected chi connectivity index (χ1v) is 43.3. The van der Waals surface area contributed by atoms with Gasteiger partial charge in [-0.3, -0.25) is 0 Å². The van der Waals surface area contributed by atoms with Crippen molar-refractivity contribution in [3.8, 4) is 17.2 Å². The lowest BCUT2D eigenvalue weighted by Crippen LogP contribution is -2.65. The average Bonchev–Trinajstić information content (AvgIpc) is 0.916. The van der Waals surface area contributed by atoms with Crippen LogP contribution in [0.15, 0.2) is 196 Å². The number of hydrogen-bond acceptors (Lipinski definition) is 25. The van der Waals surface area contributed by atoms with Crippen molar-refractivity contribution in [2.75, 3.05) is 98.4 Å². The minimum atomic E-state index is -2.97. The number of carbonyl (C=O) groups excluding carboxylic acids is 6. The van der Waals surface area contributed by atoms with Crippen LogP contribution in [0.1, 0.15) is 99.9 Å². The number of ether oxygens (including phenoxy) is 6. The van der Waals surface area contributed by atoms with Gasteiger partial charge in [-0.15, -0.1) is 68.0 Å². The summed E-state index contributed by atoms with van der Waals surface area (Å²) in [5, 5.41) is 84.9. The van der Waals surface area contributed by atoms with Gasteiger partial charge in [0.05, 0.1) is 114 Å². The van der Waals surface area contributed by atoms with Gasteiger partial charge in [-0.05, 0) is 105 Å². The normalized spacial score (nSPS) is 22.9. The summed E-state index contributed by atoms with van der Waals surface area (Å²) in [6, 6.07) is 51.8. The maximum absolute atomic E-state index is 13.4. The van der Waals surface area contributed by atoms with Gasteiger partial charge in [-0.2, -0.15) is 0 Å². The molecule has 4 N–H and O–H groups in total. The predicted molar refractivity (Wildman–Crippen MR) is 421 cm³/mol. The molecule has 3 unspecified atom stereocenters. The van der Waals surface area contributed by atoms with Gasteiger partial charge < -0.3 is 92.0 Å². The van der Waals surface area contributed by atoms with E-state index in [0.29, 0.717) is 66.8 Å². The number of carboxylic acids is 3. The predicted octanol–water partition coefficient (Wildman–Crippen LogP) is 8.75. The SMILES string of the molecule is O=C(OC1C[N+]2(CCCOc3ccccc3)CCC1CC2)C(O)(c1cccs1)c1cccs1.O=C(OC1C[N+]2(CCCOc3ccccc3)CCC1CC2)C(O)(c1cccs1)c1cccs1.O=C(OC1C[N+]2(CCCOc3ccccc3)CCC1CC2)C(O)(c1cccs1)c1cccs1.O=C([O-])CC(O)(CC(=O)[O-])C(=O)[O-]. The smallest absolute Gasteiger partial charge is 0.349 e. The van der Waals surface area contributed by atoms with E-state index in [0.717, 1.165) is 167 Å². The maximum atomic E-state index is 13.4. The van der Waals surface area contributed by atoms with Crippen LogP contribution in [0, 0.1) is 17.8 Å². The zero-order chi connectivity index (χ0) is 78.8. The van der Waals surface area contributed by atoms with Crippen molar-refractivity contribution in [3.05, 3.63) is 225 Å². The van der Waals surface area contributed by atoms with Crippen molar-refractivity contribution < 1.29 is 106 Å². The van der Waals surface area contributed by atoms with Gasteiger partial charge in [0.2, 0.25) is 16.8 Å². The lowest BCUT2D eigenvalue weighted by atomic mass is 9.83. The summed E-state index contributed by atoms with van der Waals surface area (Å²) in [5.74, 6) is -3.76. The molecule has 15 heterocycles. The molecule has 28 heteroatoms. The van der Waals surface area contributed by atoms with Crippen LogP contribution in [-0.2, 0) is 59.8 Å². The minimum absolute atomic E-state index is 0.151. The first kappa shape index (κ1) is 83.2. The van der Waals surface area contributed by atoms with E-state index in [1.165, 1.54) is 68.0 Å². The molecule has 9 aliphatic heterocycles. The molecule has 0 spiro atoms. The van der Waals surface area contributed by atoms with Crippen molar-refractivity contribution in [2.24, 2.45) is 17.8 Å². The second-order valence-electron chi connectivity index (χ2n) is 29.9. The Bertz CT molecular complexity index is 3870. The topological polar surface area (TPSA) is 308 Å². The molecule has 3 atom stereocenters. The standard InChI is InChI=1S/3C26H30NO4S2.C6H8O7/c3*28-25(26(29,23-9-4-17-32-23)24-10-5-18-33-24)31-22-19-27(14-11-20(22)12-15-27)13-6-16-30-21-7-2-1-3-8-21;7-3(8)1-6(13,5(11)12)2-4(9)10/h3*1-5,7-10,17-18,20,22,29H,6,11-16,19H2;13H,1-2H2,(H,7,8)(H,9,10)(H,11,12)/q3*+1;/p-3. The fraction of sp³-hybridized carbons (Fsp3) is 0.429. The minimum Gasteiger partial charge on any atom is -0.550 e. The lowest BCUT2D eigenvalue weighted by Gasteiger charge is -2.52. The van der Waals surface area contributed by atoms with Crippen LogP contribution >= 0.6 is 68.0 Å². The van der Waals surface area contributed by atoms with E-state index in [1.54, 1.807) is 0 Å². The van der Waals surface area contributed by atoms with E-state index < -0.39 is 71.1 Å². The highest BCUT2D eigenvalue weighted by atomic mass is 32.1. The number of carboxylic acid groups (broad SMARTS) is 3. The zero-order valence-electron chi connectivity index (χ0n) is 62.1. The molecule has 112 heavy (non-hydrogen) atoms. The summed E-state index contributed by atoms with van der Waals surface area (Å²) in [4.78, 5) is 74.0. The summed E-state index contributed by atoms with van der Waals surface area (Å²) < 4.78 is 39.0. The van der Waals surface area contributed by atoms with Gasteiger partial charge in [0.25, 0.3) is 0 Å². The van der Waals surface area contributed by atoms with Crippen LogP contribution in [0.4, 0.5) is 0 Å². The molecule has 9 saturated heterocycles. The van der Waals surface area contributed by atoms with Crippen molar-refractivity contribution >= 4 is 104 Å². The van der Waals surface area contributed by atoms with Gasteiger partial charge in [-0.25, -0.2) is 14.4 Å². The highest BCUT2D eigenvalue weighted by Crippen LogP contribution is 2.45. The Kier molecular flexibility index (Phi) is 28.1. The number of esters is 3. The molecule has 6 bridgehead atoms. The van der Waals surface area contributed by atoms with Gasteiger partial charge in [0.1, 0.15) is 42.5 Å².